The molecule has 2 aromatic rings. The van der Waals surface area contributed by atoms with Gasteiger partial charge in [0.2, 0.25) is 0 Å². The molecule has 62 valence electrons. The SMILES string of the molecule is NOCc1cccc2scnc12. The van der Waals surface area contributed by atoms with Crippen LogP contribution in [0.1, 0.15) is 5.56 Å². The van der Waals surface area contributed by atoms with Crippen LogP contribution in [0.25, 0.3) is 10.2 Å². The Morgan fingerprint density at radius 2 is 2.42 bits per heavy atom. The van der Waals surface area contributed by atoms with E-state index < -0.39 is 0 Å². The van der Waals surface area contributed by atoms with Crippen molar-refractivity contribution in [2.45, 2.75) is 6.61 Å². The molecule has 0 amide bonds. The van der Waals surface area contributed by atoms with Crippen LogP contribution in [-0.2, 0) is 11.4 Å². The van der Waals surface area contributed by atoms with E-state index in [0.717, 1.165) is 11.1 Å². The van der Waals surface area contributed by atoms with E-state index in [-0.39, 0.29) is 0 Å². The highest BCUT2D eigenvalue weighted by Crippen LogP contribution is 2.21. The molecule has 3 nitrogen and oxygen atoms in total. The first-order valence-electron chi connectivity index (χ1n) is 3.54. The lowest BCUT2D eigenvalue weighted by Gasteiger charge is -1.98. The van der Waals surface area contributed by atoms with E-state index in [1.54, 1.807) is 11.3 Å². The minimum absolute atomic E-state index is 0.418. The lowest BCUT2D eigenvalue weighted by atomic mass is 10.2. The first kappa shape index (κ1) is 7.67. The van der Waals surface area contributed by atoms with E-state index in [2.05, 4.69) is 9.82 Å². The summed E-state index contributed by atoms with van der Waals surface area (Å²) in [6.45, 7) is 0.418. The second kappa shape index (κ2) is 3.18. The van der Waals surface area contributed by atoms with E-state index in [9.17, 15) is 0 Å². The molecule has 0 saturated heterocycles. The lowest BCUT2D eigenvalue weighted by Crippen LogP contribution is -1.99. The molecule has 0 unspecified atom stereocenters. The fourth-order valence-corrected chi connectivity index (χ4v) is 1.88. The van der Waals surface area contributed by atoms with Crippen molar-refractivity contribution in [3.05, 3.63) is 29.3 Å². The molecule has 0 aliphatic heterocycles. The molecule has 2 N–H and O–H groups in total. The number of nitrogens with zero attached hydrogens (tertiary/aromatic N) is 1. The summed E-state index contributed by atoms with van der Waals surface area (Å²) >= 11 is 1.62. The van der Waals surface area contributed by atoms with Gasteiger partial charge in [0.25, 0.3) is 0 Å². The van der Waals surface area contributed by atoms with Gasteiger partial charge in [-0.3, -0.25) is 4.84 Å². The standard InChI is InChI=1S/C8H8N2OS/c9-11-4-6-2-1-3-7-8(6)10-5-12-7/h1-3,5H,4,9H2. The van der Waals surface area contributed by atoms with Crippen LogP contribution in [0.15, 0.2) is 23.7 Å². The quantitative estimate of drug-likeness (QED) is 0.715. The second-order valence-electron chi connectivity index (χ2n) is 2.43. The lowest BCUT2D eigenvalue weighted by molar-refractivity contribution is 0.125. The van der Waals surface area contributed by atoms with E-state index in [1.807, 2.05) is 23.7 Å². The Kier molecular flexibility index (Phi) is 2.03. The molecule has 0 spiro atoms. The Balaban J connectivity index is 2.57. The molecule has 0 aliphatic carbocycles. The highest BCUT2D eigenvalue weighted by atomic mass is 32.1. The number of hydrogen-bond acceptors (Lipinski definition) is 4. The first-order valence-corrected chi connectivity index (χ1v) is 4.42. The summed E-state index contributed by atoms with van der Waals surface area (Å²) in [7, 11) is 0. The van der Waals surface area contributed by atoms with Crippen molar-refractivity contribution in [1.29, 1.82) is 0 Å². The molecule has 4 heteroatoms. The number of para-hydroxylation sites is 1. The van der Waals surface area contributed by atoms with Crippen molar-refractivity contribution in [1.82, 2.24) is 4.98 Å². The van der Waals surface area contributed by atoms with Gasteiger partial charge >= 0.3 is 0 Å². The van der Waals surface area contributed by atoms with Crippen LogP contribution in [0.4, 0.5) is 0 Å². The summed E-state index contributed by atoms with van der Waals surface area (Å²) in [5.41, 5.74) is 3.86. The zero-order valence-electron chi connectivity index (χ0n) is 6.36. The smallest absolute Gasteiger partial charge is 0.0951 e. The van der Waals surface area contributed by atoms with E-state index in [0.29, 0.717) is 6.61 Å². The summed E-state index contributed by atoms with van der Waals surface area (Å²) in [6, 6.07) is 5.98. The number of thiazole rings is 1. The Hall–Kier alpha value is -0.970. The number of benzene rings is 1. The molecule has 0 atom stereocenters. The minimum Gasteiger partial charge on any atom is -0.300 e. The molecule has 1 aromatic heterocycles. The molecule has 1 heterocycles. The van der Waals surface area contributed by atoms with Crippen molar-refractivity contribution >= 4 is 21.6 Å². The van der Waals surface area contributed by atoms with Crippen molar-refractivity contribution in [3.8, 4) is 0 Å². The summed E-state index contributed by atoms with van der Waals surface area (Å²) in [5.74, 6) is 5.00. The Morgan fingerprint density at radius 1 is 1.50 bits per heavy atom. The third-order valence-corrected chi connectivity index (χ3v) is 2.48. The van der Waals surface area contributed by atoms with Gasteiger partial charge in [0.15, 0.2) is 0 Å². The molecule has 1 aromatic carbocycles. The van der Waals surface area contributed by atoms with E-state index in [1.165, 1.54) is 4.70 Å². The molecule has 0 saturated carbocycles. The number of hydrogen-bond donors (Lipinski definition) is 1. The van der Waals surface area contributed by atoms with Gasteiger partial charge in [0, 0.05) is 5.56 Å². The average molecular weight is 180 g/mol. The van der Waals surface area contributed by atoms with Gasteiger partial charge in [-0.1, -0.05) is 12.1 Å². The maximum Gasteiger partial charge on any atom is 0.0951 e. The monoisotopic (exact) mass is 180 g/mol. The van der Waals surface area contributed by atoms with Crippen molar-refractivity contribution < 1.29 is 4.84 Å². The van der Waals surface area contributed by atoms with E-state index in [4.69, 9.17) is 5.90 Å². The molecule has 12 heavy (non-hydrogen) atoms. The van der Waals surface area contributed by atoms with Crippen LogP contribution in [0.2, 0.25) is 0 Å². The molecule has 0 radical (unpaired) electrons. The van der Waals surface area contributed by atoms with Crippen LogP contribution < -0.4 is 5.90 Å². The van der Waals surface area contributed by atoms with Gasteiger partial charge in [-0.05, 0) is 6.07 Å². The first-order chi connectivity index (χ1) is 5.92. The van der Waals surface area contributed by atoms with Gasteiger partial charge in [0.05, 0.1) is 22.3 Å². The predicted molar refractivity (Wildman–Crippen MR) is 48.6 cm³/mol. The van der Waals surface area contributed by atoms with E-state index >= 15 is 0 Å². The van der Waals surface area contributed by atoms with Gasteiger partial charge < -0.3 is 0 Å². The third-order valence-electron chi connectivity index (χ3n) is 1.68. The minimum atomic E-state index is 0.418. The number of nitrogens with two attached hydrogens (primary N) is 1. The van der Waals surface area contributed by atoms with Crippen LogP contribution in [0, 0.1) is 0 Å². The zero-order chi connectivity index (χ0) is 8.39. The molecule has 0 fully saturated rings. The number of fused-ring (bicyclic) bond motifs is 1. The van der Waals surface area contributed by atoms with Gasteiger partial charge in [0.1, 0.15) is 0 Å². The topological polar surface area (TPSA) is 48.1 Å². The van der Waals surface area contributed by atoms with Crippen LogP contribution in [-0.4, -0.2) is 4.98 Å². The molecular weight excluding hydrogens is 172 g/mol. The Labute approximate surface area is 73.7 Å². The predicted octanol–water partition coefficient (Wildman–Crippen LogP) is 1.69. The maximum absolute atomic E-state index is 5.00. The average Bonchev–Trinajstić information content (AvgIpc) is 2.53. The van der Waals surface area contributed by atoms with Crippen molar-refractivity contribution in [3.63, 3.8) is 0 Å². The van der Waals surface area contributed by atoms with Crippen LogP contribution in [0.5, 0.6) is 0 Å². The highest BCUT2D eigenvalue weighted by molar-refractivity contribution is 7.16. The van der Waals surface area contributed by atoms with Gasteiger partial charge in [-0.15, -0.1) is 11.3 Å². The summed E-state index contributed by atoms with van der Waals surface area (Å²) < 4.78 is 1.17. The maximum atomic E-state index is 5.00. The van der Waals surface area contributed by atoms with Crippen LogP contribution in [0.3, 0.4) is 0 Å². The van der Waals surface area contributed by atoms with Gasteiger partial charge in [-0.2, -0.15) is 0 Å². The summed E-state index contributed by atoms with van der Waals surface area (Å²) in [5, 5.41) is 0. The fourth-order valence-electron chi connectivity index (χ4n) is 1.15. The van der Waals surface area contributed by atoms with Crippen molar-refractivity contribution in [2.24, 2.45) is 5.90 Å². The number of aromatic nitrogens is 1. The normalized spacial score (nSPS) is 10.8. The molecule has 0 aliphatic rings. The van der Waals surface area contributed by atoms with Gasteiger partial charge in [-0.25, -0.2) is 10.9 Å². The third kappa shape index (κ3) is 1.20. The number of rotatable bonds is 2. The molecule has 0 bridgehead atoms. The summed E-state index contributed by atoms with van der Waals surface area (Å²) in [4.78, 5) is 8.79. The molecule has 2 rings (SSSR count). The summed E-state index contributed by atoms with van der Waals surface area (Å²) in [6.07, 6.45) is 0. The highest BCUT2D eigenvalue weighted by Gasteiger charge is 2.01. The Bertz CT molecular complexity index is 385. The van der Waals surface area contributed by atoms with Crippen LogP contribution >= 0.6 is 11.3 Å². The van der Waals surface area contributed by atoms with Crippen molar-refractivity contribution in [2.75, 3.05) is 0 Å². The molecular formula is C8H8N2OS. The Morgan fingerprint density at radius 3 is 3.25 bits per heavy atom. The second-order valence-corrected chi connectivity index (χ2v) is 3.31. The largest absolute Gasteiger partial charge is 0.300 e. The zero-order valence-corrected chi connectivity index (χ0v) is 7.17. The fraction of sp³-hybridized carbons (Fsp3) is 0.125.